The van der Waals surface area contributed by atoms with Crippen molar-refractivity contribution in [3.63, 3.8) is 0 Å². The second-order valence-electron chi connectivity index (χ2n) is 1.78. The average molecular weight is 154 g/mol. The van der Waals surface area contributed by atoms with E-state index in [4.69, 9.17) is 5.11 Å². The number of hydrogen-bond acceptors (Lipinski definition) is 2. The summed E-state index contributed by atoms with van der Waals surface area (Å²) in [6.45, 7) is 6.59. The largest absolute Gasteiger partial charge is 0.481 e. The van der Waals surface area contributed by atoms with E-state index >= 15 is 0 Å². The number of carboxylic acid groups (broad SMARTS) is 1. The van der Waals surface area contributed by atoms with Crippen LogP contribution in [-0.2, 0) is 4.79 Å². The molecule has 0 rings (SSSR count). The predicted molar refractivity (Wildman–Crippen MR) is 44.1 cm³/mol. The van der Waals surface area contributed by atoms with Gasteiger partial charge < -0.3 is 5.11 Å². The van der Waals surface area contributed by atoms with Gasteiger partial charge in [-0.05, 0) is 6.72 Å². The number of hydrogen-bond donors (Lipinski definition) is 1. The molecule has 1 N–H and O–H groups in total. The number of carboxylic acids is 1. The zero-order valence-electron chi connectivity index (χ0n) is 6.16. The lowest BCUT2D eigenvalue weighted by Crippen LogP contribution is -2.00. The van der Waals surface area contributed by atoms with Crippen LogP contribution in [0.5, 0.6) is 0 Å². The average Bonchev–Trinajstić information content (AvgIpc) is 1.97. The first kappa shape index (κ1) is 9.55. The van der Waals surface area contributed by atoms with Gasteiger partial charge in [-0.3, -0.25) is 4.79 Å². The molecule has 0 aliphatic heterocycles. The molecule has 0 saturated heterocycles. The standard InChI is InChI=1S/C7H10N2O2/c1-3-9-6(8-2)4-5-7(10)11/h3H,1-2,4-5H2,(H,10,11). The highest BCUT2D eigenvalue weighted by Gasteiger charge is 1.99. The van der Waals surface area contributed by atoms with Crippen LogP contribution in [0.25, 0.3) is 0 Å². The Morgan fingerprint density at radius 3 is 2.55 bits per heavy atom. The van der Waals surface area contributed by atoms with Crippen LogP contribution < -0.4 is 0 Å². The summed E-state index contributed by atoms with van der Waals surface area (Å²) < 4.78 is 0. The lowest BCUT2D eigenvalue weighted by atomic mass is 10.3. The van der Waals surface area contributed by atoms with Crippen molar-refractivity contribution >= 4 is 18.5 Å². The second kappa shape index (κ2) is 5.34. The van der Waals surface area contributed by atoms with Crippen molar-refractivity contribution in [2.75, 3.05) is 0 Å². The molecule has 0 aliphatic rings. The first-order chi connectivity index (χ1) is 5.20. The number of aliphatic imine (C=N–C) groups is 2. The minimum absolute atomic E-state index is 0.0195. The molecule has 0 aromatic carbocycles. The van der Waals surface area contributed by atoms with Crippen molar-refractivity contribution < 1.29 is 9.90 Å². The molecule has 0 bridgehead atoms. The predicted octanol–water partition coefficient (Wildman–Crippen LogP) is 1.09. The fourth-order valence-corrected chi connectivity index (χ4v) is 0.509. The number of nitrogens with zero attached hydrogens (tertiary/aromatic N) is 2. The quantitative estimate of drug-likeness (QED) is 0.486. The van der Waals surface area contributed by atoms with Crippen molar-refractivity contribution in [3.8, 4) is 0 Å². The third-order valence-corrected chi connectivity index (χ3v) is 0.985. The number of amidine groups is 1. The van der Waals surface area contributed by atoms with Crippen molar-refractivity contribution in [3.05, 3.63) is 12.8 Å². The molecule has 0 saturated carbocycles. The van der Waals surface area contributed by atoms with Crippen LogP contribution in [0, 0.1) is 0 Å². The molecule has 0 unspecified atom stereocenters. The van der Waals surface area contributed by atoms with E-state index in [-0.39, 0.29) is 6.42 Å². The number of carbonyl (C=O) groups is 1. The minimum Gasteiger partial charge on any atom is -0.481 e. The monoisotopic (exact) mass is 154 g/mol. The summed E-state index contributed by atoms with van der Waals surface area (Å²) in [5.74, 6) is -0.465. The van der Waals surface area contributed by atoms with Gasteiger partial charge in [0.25, 0.3) is 0 Å². The molecule has 0 atom stereocenters. The van der Waals surface area contributed by atoms with Crippen molar-refractivity contribution in [2.45, 2.75) is 12.8 Å². The van der Waals surface area contributed by atoms with E-state index in [1.807, 2.05) is 0 Å². The molecule has 0 heterocycles. The van der Waals surface area contributed by atoms with Gasteiger partial charge in [-0.1, -0.05) is 6.58 Å². The number of aliphatic carboxylic acids is 1. The topological polar surface area (TPSA) is 62.0 Å². The SMILES string of the molecule is C=CN=C(CCC(=O)O)N=C. The van der Waals surface area contributed by atoms with Gasteiger partial charge in [0.15, 0.2) is 0 Å². The van der Waals surface area contributed by atoms with E-state index in [0.717, 1.165) is 0 Å². The first-order valence-corrected chi connectivity index (χ1v) is 3.06. The van der Waals surface area contributed by atoms with E-state index in [0.29, 0.717) is 12.3 Å². The Morgan fingerprint density at radius 1 is 1.55 bits per heavy atom. The zero-order chi connectivity index (χ0) is 8.69. The van der Waals surface area contributed by atoms with Crippen LogP contribution in [-0.4, -0.2) is 23.6 Å². The van der Waals surface area contributed by atoms with E-state index in [9.17, 15) is 4.79 Å². The Labute approximate surface area is 65.0 Å². The molecule has 4 nitrogen and oxygen atoms in total. The molecule has 4 heteroatoms. The van der Waals surface area contributed by atoms with Gasteiger partial charge in [-0.25, -0.2) is 9.98 Å². The van der Waals surface area contributed by atoms with Crippen LogP contribution in [0.3, 0.4) is 0 Å². The fraction of sp³-hybridized carbons (Fsp3) is 0.286. The molecule has 0 aromatic rings. The van der Waals surface area contributed by atoms with Gasteiger partial charge in [0.2, 0.25) is 0 Å². The maximum absolute atomic E-state index is 10.1. The summed E-state index contributed by atoms with van der Waals surface area (Å²) in [6, 6.07) is 0. The van der Waals surface area contributed by atoms with Crippen LogP contribution in [0.4, 0.5) is 0 Å². The van der Waals surface area contributed by atoms with Crippen LogP contribution in [0.15, 0.2) is 22.8 Å². The Bertz CT molecular complexity index is 197. The molecule has 0 spiro atoms. The molecular weight excluding hydrogens is 144 g/mol. The minimum atomic E-state index is -0.870. The fourth-order valence-electron chi connectivity index (χ4n) is 0.509. The van der Waals surface area contributed by atoms with E-state index in [2.05, 4.69) is 23.3 Å². The van der Waals surface area contributed by atoms with E-state index in [1.165, 1.54) is 6.20 Å². The Kier molecular flexibility index (Phi) is 4.64. The molecule has 0 fully saturated rings. The molecule has 0 aliphatic carbocycles. The second-order valence-corrected chi connectivity index (χ2v) is 1.78. The molecular formula is C7H10N2O2. The highest BCUT2D eigenvalue weighted by atomic mass is 16.4. The third-order valence-electron chi connectivity index (χ3n) is 0.985. The van der Waals surface area contributed by atoms with Crippen molar-refractivity contribution in [1.29, 1.82) is 0 Å². The summed E-state index contributed by atoms with van der Waals surface area (Å²) in [7, 11) is 0. The Balaban J connectivity index is 3.88. The van der Waals surface area contributed by atoms with Gasteiger partial charge in [0.1, 0.15) is 5.84 Å². The number of rotatable bonds is 4. The summed E-state index contributed by atoms with van der Waals surface area (Å²) >= 11 is 0. The summed E-state index contributed by atoms with van der Waals surface area (Å²) in [5.41, 5.74) is 0. The normalized spacial score (nSPS) is 10.7. The van der Waals surface area contributed by atoms with Gasteiger partial charge >= 0.3 is 5.97 Å². The molecule has 0 amide bonds. The highest BCUT2D eigenvalue weighted by Crippen LogP contribution is 1.94. The molecule has 0 aromatic heterocycles. The lowest BCUT2D eigenvalue weighted by molar-refractivity contribution is -0.136. The van der Waals surface area contributed by atoms with Crippen LogP contribution in [0.1, 0.15) is 12.8 Å². The molecule has 60 valence electrons. The van der Waals surface area contributed by atoms with Gasteiger partial charge in [0.05, 0.1) is 6.42 Å². The zero-order valence-corrected chi connectivity index (χ0v) is 6.16. The maximum Gasteiger partial charge on any atom is 0.303 e. The molecule has 11 heavy (non-hydrogen) atoms. The molecule has 0 radical (unpaired) electrons. The van der Waals surface area contributed by atoms with Gasteiger partial charge in [-0.2, -0.15) is 0 Å². The van der Waals surface area contributed by atoms with Crippen LogP contribution in [0.2, 0.25) is 0 Å². The first-order valence-electron chi connectivity index (χ1n) is 3.06. The smallest absolute Gasteiger partial charge is 0.303 e. The van der Waals surface area contributed by atoms with Crippen molar-refractivity contribution in [1.82, 2.24) is 0 Å². The highest BCUT2D eigenvalue weighted by molar-refractivity contribution is 5.88. The Morgan fingerprint density at radius 2 is 2.18 bits per heavy atom. The van der Waals surface area contributed by atoms with E-state index in [1.54, 1.807) is 0 Å². The third kappa shape index (κ3) is 5.02. The van der Waals surface area contributed by atoms with Crippen LogP contribution >= 0.6 is 0 Å². The summed E-state index contributed by atoms with van der Waals surface area (Å²) in [6.07, 6.45) is 1.63. The summed E-state index contributed by atoms with van der Waals surface area (Å²) in [4.78, 5) is 17.3. The summed E-state index contributed by atoms with van der Waals surface area (Å²) in [5, 5.41) is 8.28. The van der Waals surface area contributed by atoms with E-state index < -0.39 is 5.97 Å². The van der Waals surface area contributed by atoms with Gasteiger partial charge in [0, 0.05) is 12.6 Å². The van der Waals surface area contributed by atoms with Crippen molar-refractivity contribution in [2.24, 2.45) is 9.98 Å². The maximum atomic E-state index is 10.1. The van der Waals surface area contributed by atoms with Gasteiger partial charge in [-0.15, -0.1) is 0 Å². The Hall–Kier alpha value is -1.45. The lowest BCUT2D eigenvalue weighted by Gasteiger charge is -1.93.